The number of hydrogen-bond donors (Lipinski definition) is 1. The molecule has 0 aliphatic rings. The molecule has 1 aromatic rings. The summed E-state index contributed by atoms with van der Waals surface area (Å²) in [7, 11) is 1.47. The molecule has 0 aromatic heterocycles. The van der Waals surface area contributed by atoms with Gasteiger partial charge in [0.05, 0.1) is 11.6 Å². The van der Waals surface area contributed by atoms with Gasteiger partial charge in [-0.25, -0.2) is 0 Å². The minimum absolute atomic E-state index is 0. The van der Waals surface area contributed by atoms with Gasteiger partial charge in [-0.3, -0.25) is 4.79 Å². The van der Waals surface area contributed by atoms with Crippen molar-refractivity contribution in [1.82, 2.24) is 4.90 Å². The molecule has 0 heterocycles. The molecule has 1 aromatic carbocycles. The molecule has 1 amide bonds. The van der Waals surface area contributed by atoms with E-state index in [1.807, 2.05) is 6.26 Å². The maximum absolute atomic E-state index is 12.9. The van der Waals surface area contributed by atoms with Crippen LogP contribution in [0.1, 0.15) is 17.5 Å². The molecule has 22 heavy (non-hydrogen) atoms. The van der Waals surface area contributed by atoms with Gasteiger partial charge in [0.2, 0.25) is 5.91 Å². The molecule has 3 nitrogen and oxygen atoms in total. The monoisotopic (exact) mass is 356 g/mol. The summed E-state index contributed by atoms with van der Waals surface area (Å²) in [5.41, 5.74) is 5.10. The van der Waals surface area contributed by atoms with Gasteiger partial charge in [-0.05, 0) is 30.1 Å². The number of alkyl halides is 3. The molecule has 0 bridgehead atoms. The lowest BCUT2D eigenvalue weighted by Crippen LogP contribution is -2.41. The van der Waals surface area contributed by atoms with Crippen molar-refractivity contribution in [3.05, 3.63) is 35.4 Å². The maximum Gasteiger partial charge on any atom is 0.416 e. The van der Waals surface area contributed by atoms with Gasteiger partial charge in [-0.15, -0.1) is 12.4 Å². The summed E-state index contributed by atoms with van der Waals surface area (Å²) in [4.78, 5) is 13.3. The van der Waals surface area contributed by atoms with Crippen molar-refractivity contribution in [3.8, 4) is 0 Å². The van der Waals surface area contributed by atoms with Crippen LogP contribution >= 0.6 is 24.2 Å². The van der Waals surface area contributed by atoms with Gasteiger partial charge in [0, 0.05) is 13.6 Å². The average Bonchev–Trinajstić information content (AvgIpc) is 2.43. The topological polar surface area (TPSA) is 46.3 Å². The lowest BCUT2D eigenvalue weighted by Gasteiger charge is -2.23. The zero-order valence-corrected chi connectivity index (χ0v) is 14.0. The number of benzene rings is 1. The molecule has 126 valence electrons. The zero-order valence-electron chi connectivity index (χ0n) is 12.4. The van der Waals surface area contributed by atoms with Crippen LogP contribution in [0.15, 0.2) is 24.3 Å². The summed E-state index contributed by atoms with van der Waals surface area (Å²) in [6.45, 7) is -0.110. The van der Waals surface area contributed by atoms with Gasteiger partial charge in [-0.1, -0.05) is 18.2 Å². The SMILES string of the molecule is CSCCC(N)C(=O)N(C)Cc1ccccc1C(F)(F)F.Cl. The Kier molecular flexibility index (Phi) is 8.88. The summed E-state index contributed by atoms with van der Waals surface area (Å²) >= 11 is 1.57. The Labute approximate surface area is 138 Å². The third-order valence-corrected chi connectivity index (χ3v) is 3.70. The summed E-state index contributed by atoms with van der Waals surface area (Å²) in [6.07, 6.45) is -2.02. The first-order valence-corrected chi connectivity index (χ1v) is 7.81. The van der Waals surface area contributed by atoms with E-state index in [9.17, 15) is 18.0 Å². The standard InChI is InChI=1S/C14H19F3N2OS.ClH/c1-19(13(20)12(18)7-8-21-2)9-10-5-3-4-6-11(10)14(15,16)17;/h3-6,12H,7-9,18H2,1-2H3;1H. The minimum atomic E-state index is -4.43. The predicted molar refractivity (Wildman–Crippen MR) is 86.1 cm³/mol. The summed E-state index contributed by atoms with van der Waals surface area (Å²) < 4.78 is 38.7. The van der Waals surface area contributed by atoms with E-state index in [1.165, 1.54) is 30.1 Å². The molecule has 0 saturated carbocycles. The molecule has 0 aliphatic carbocycles. The van der Waals surface area contributed by atoms with E-state index in [4.69, 9.17) is 5.73 Å². The van der Waals surface area contributed by atoms with Crippen molar-refractivity contribution in [1.29, 1.82) is 0 Å². The van der Waals surface area contributed by atoms with Crippen molar-refractivity contribution < 1.29 is 18.0 Å². The molecule has 1 atom stereocenters. The number of carbonyl (C=O) groups is 1. The number of likely N-dealkylation sites (N-methyl/N-ethyl adjacent to an activating group) is 1. The second-order valence-electron chi connectivity index (χ2n) is 4.74. The quantitative estimate of drug-likeness (QED) is 0.851. The average molecular weight is 357 g/mol. The summed E-state index contributed by atoms with van der Waals surface area (Å²) in [6, 6.07) is 4.57. The lowest BCUT2D eigenvalue weighted by atomic mass is 10.1. The Balaban J connectivity index is 0.00000441. The van der Waals surface area contributed by atoms with E-state index in [2.05, 4.69) is 0 Å². The van der Waals surface area contributed by atoms with Crippen LogP contribution in [0.4, 0.5) is 13.2 Å². The molecule has 2 N–H and O–H groups in total. The molecule has 0 radical (unpaired) electrons. The second-order valence-corrected chi connectivity index (χ2v) is 5.72. The third-order valence-electron chi connectivity index (χ3n) is 3.06. The Bertz CT molecular complexity index is 485. The zero-order chi connectivity index (χ0) is 16.0. The van der Waals surface area contributed by atoms with Gasteiger partial charge < -0.3 is 10.6 Å². The maximum atomic E-state index is 12.9. The highest BCUT2D eigenvalue weighted by atomic mass is 35.5. The molecule has 0 spiro atoms. The Morgan fingerprint density at radius 2 is 1.95 bits per heavy atom. The van der Waals surface area contributed by atoms with Gasteiger partial charge in [0.15, 0.2) is 0 Å². The van der Waals surface area contributed by atoms with E-state index >= 15 is 0 Å². The highest BCUT2D eigenvalue weighted by molar-refractivity contribution is 7.98. The number of nitrogens with zero attached hydrogens (tertiary/aromatic N) is 1. The van der Waals surface area contributed by atoms with E-state index in [0.717, 1.165) is 11.8 Å². The molecule has 0 fully saturated rings. The van der Waals surface area contributed by atoms with Crippen LogP contribution in [0, 0.1) is 0 Å². The van der Waals surface area contributed by atoms with Crippen molar-refractivity contribution in [2.45, 2.75) is 25.2 Å². The molecular formula is C14H20ClF3N2OS. The highest BCUT2D eigenvalue weighted by Crippen LogP contribution is 2.32. The summed E-state index contributed by atoms with van der Waals surface area (Å²) in [5, 5.41) is 0. The third kappa shape index (κ3) is 6.06. The lowest BCUT2D eigenvalue weighted by molar-refractivity contribution is -0.139. The Hall–Kier alpha value is -0.920. The number of thioether (sulfide) groups is 1. The van der Waals surface area contributed by atoms with E-state index in [0.29, 0.717) is 6.42 Å². The van der Waals surface area contributed by atoms with Gasteiger partial charge in [0.1, 0.15) is 0 Å². The molecular weight excluding hydrogens is 337 g/mol. The van der Waals surface area contributed by atoms with Crippen molar-refractivity contribution in [3.63, 3.8) is 0 Å². The minimum Gasteiger partial charge on any atom is -0.340 e. The Morgan fingerprint density at radius 3 is 2.50 bits per heavy atom. The van der Waals surface area contributed by atoms with Crippen molar-refractivity contribution >= 4 is 30.1 Å². The Morgan fingerprint density at radius 1 is 1.36 bits per heavy atom. The van der Waals surface area contributed by atoms with Crippen LogP contribution in [0.25, 0.3) is 0 Å². The largest absolute Gasteiger partial charge is 0.416 e. The number of hydrogen-bond acceptors (Lipinski definition) is 3. The van der Waals surface area contributed by atoms with Gasteiger partial charge in [0.25, 0.3) is 0 Å². The molecule has 8 heteroatoms. The van der Waals surface area contributed by atoms with Crippen molar-refractivity contribution in [2.24, 2.45) is 5.73 Å². The smallest absolute Gasteiger partial charge is 0.340 e. The number of halogens is 4. The first kappa shape index (κ1) is 21.1. The first-order valence-electron chi connectivity index (χ1n) is 6.42. The molecule has 0 aliphatic heterocycles. The normalized spacial score (nSPS) is 12.5. The van der Waals surface area contributed by atoms with Crippen LogP contribution in [-0.2, 0) is 17.5 Å². The number of amides is 1. The van der Waals surface area contributed by atoms with Crippen molar-refractivity contribution in [2.75, 3.05) is 19.1 Å². The van der Waals surface area contributed by atoms with Crippen LogP contribution in [0.3, 0.4) is 0 Å². The number of carbonyl (C=O) groups excluding carboxylic acids is 1. The summed E-state index contributed by atoms with van der Waals surface area (Å²) in [5.74, 6) is 0.390. The number of nitrogens with two attached hydrogens (primary N) is 1. The molecule has 1 unspecified atom stereocenters. The van der Waals surface area contributed by atoms with Crippen LogP contribution in [-0.4, -0.2) is 35.9 Å². The predicted octanol–water partition coefficient (Wildman–Crippen LogP) is 3.17. The van der Waals surface area contributed by atoms with Crippen LogP contribution in [0.2, 0.25) is 0 Å². The fourth-order valence-corrected chi connectivity index (χ4v) is 2.41. The van der Waals surface area contributed by atoms with Crippen LogP contribution in [0.5, 0.6) is 0 Å². The second kappa shape index (κ2) is 9.27. The fraction of sp³-hybridized carbons (Fsp3) is 0.500. The van der Waals surface area contributed by atoms with Gasteiger partial charge >= 0.3 is 6.18 Å². The van der Waals surface area contributed by atoms with E-state index < -0.39 is 17.8 Å². The molecule has 0 saturated heterocycles. The number of rotatable bonds is 6. The van der Waals surface area contributed by atoms with Gasteiger partial charge in [-0.2, -0.15) is 24.9 Å². The van der Waals surface area contributed by atoms with E-state index in [1.54, 1.807) is 11.8 Å². The van der Waals surface area contributed by atoms with E-state index in [-0.39, 0.29) is 30.4 Å². The fourth-order valence-electron chi connectivity index (χ4n) is 1.92. The van der Waals surface area contributed by atoms with Crippen LogP contribution < -0.4 is 5.73 Å². The highest BCUT2D eigenvalue weighted by Gasteiger charge is 2.33. The first-order chi connectivity index (χ1) is 9.77. The molecule has 1 rings (SSSR count).